The van der Waals surface area contributed by atoms with Gasteiger partial charge in [0.15, 0.2) is 0 Å². The molecule has 0 spiro atoms. The van der Waals surface area contributed by atoms with Crippen molar-refractivity contribution in [3.8, 4) is 5.75 Å². The summed E-state index contributed by atoms with van der Waals surface area (Å²) in [5.74, 6) is 2.60. The van der Waals surface area contributed by atoms with Gasteiger partial charge < -0.3 is 14.6 Å². The highest BCUT2D eigenvalue weighted by Gasteiger charge is 2.64. The van der Waals surface area contributed by atoms with Crippen LogP contribution in [0.25, 0.3) is 0 Å². The molecule has 26 heavy (non-hydrogen) atoms. The van der Waals surface area contributed by atoms with E-state index in [0.29, 0.717) is 23.7 Å². The molecule has 4 heteroatoms. The molecule has 4 nitrogen and oxygen atoms in total. The van der Waals surface area contributed by atoms with E-state index in [1.54, 1.807) is 7.11 Å². The maximum Gasteiger partial charge on any atom is 0.309 e. The van der Waals surface area contributed by atoms with Crippen molar-refractivity contribution >= 4 is 5.97 Å². The first-order chi connectivity index (χ1) is 12.5. The van der Waals surface area contributed by atoms with Crippen LogP contribution in [0, 0.1) is 23.7 Å². The lowest BCUT2D eigenvalue weighted by Crippen LogP contribution is -2.46. The summed E-state index contributed by atoms with van der Waals surface area (Å²) in [4.78, 5) is 11.8. The topological polar surface area (TPSA) is 55.8 Å². The van der Waals surface area contributed by atoms with Crippen molar-refractivity contribution < 1.29 is 19.4 Å². The van der Waals surface area contributed by atoms with Crippen molar-refractivity contribution in [3.05, 3.63) is 42.0 Å². The summed E-state index contributed by atoms with van der Waals surface area (Å²) >= 11 is 0. The van der Waals surface area contributed by atoms with Crippen molar-refractivity contribution in [1.29, 1.82) is 0 Å². The lowest BCUT2D eigenvalue weighted by atomic mass is 9.56. The zero-order valence-electron chi connectivity index (χ0n) is 15.2. The van der Waals surface area contributed by atoms with Crippen LogP contribution >= 0.6 is 0 Å². The molecule has 1 N–H and O–H groups in total. The molecule has 3 aliphatic carbocycles. The smallest absolute Gasteiger partial charge is 0.309 e. The molecule has 0 radical (unpaired) electrons. The summed E-state index contributed by atoms with van der Waals surface area (Å²) in [5, 5.41) is 11.2. The van der Waals surface area contributed by atoms with Gasteiger partial charge in [-0.15, -0.1) is 6.58 Å². The third-order valence-electron chi connectivity index (χ3n) is 7.65. The highest BCUT2D eigenvalue weighted by Crippen LogP contribution is 2.62. The van der Waals surface area contributed by atoms with Gasteiger partial charge in [0.1, 0.15) is 17.5 Å². The molecule has 2 saturated carbocycles. The van der Waals surface area contributed by atoms with E-state index in [4.69, 9.17) is 9.47 Å². The SMILES string of the molecule is C=CC1Cc2cc(OC)ccc2C2CCC3C(CC4OC(=O)CC43O)C12. The van der Waals surface area contributed by atoms with Crippen LogP contribution in [0.2, 0.25) is 0 Å². The Hall–Kier alpha value is -1.81. The fourth-order valence-electron chi connectivity index (χ4n) is 6.65. The minimum atomic E-state index is -0.946. The zero-order chi connectivity index (χ0) is 18.1. The molecular formula is C22H26O4. The Kier molecular flexibility index (Phi) is 3.52. The summed E-state index contributed by atoms with van der Waals surface area (Å²) in [6.45, 7) is 4.13. The zero-order valence-corrected chi connectivity index (χ0v) is 15.2. The Morgan fingerprint density at radius 1 is 1.38 bits per heavy atom. The molecule has 1 heterocycles. The van der Waals surface area contributed by atoms with E-state index in [1.165, 1.54) is 11.1 Å². The van der Waals surface area contributed by atoms with Gasteiger partial charge in [-0.3, -0.25) is 4.79 Å². The minimum absolute atomic E-state index is 0.169. The van der Waals surface area contributed by atoms with Crippen LogP contribution in [0.1, 0.15) is 42.7 Å². The first-order valence-electron chi connectivity index (χ1n) is 9.76. The number of carbonyl (C=O) groups excluding carboxylic acids is 1. The van der Waals surface area contributed by atoms with Crippen molar-refractivity contribution in [2.45, 2.75) is 49.7 Å². The molecule has 1 aromatic carbocycles. The van der Waals surface area contributed by atoms with E-state index in [0.717, 1.165) is 31.4 Å². The lowest BCUT2D eigenvalue weighted by Gasteiger charge is -2.49. The molecule has 138 valence electrons. The minimum Gasteiger partial charge on any atom is -0.497 e. The summed E-state index contributed by atoms with van der Waals surface area (Å²) in [6, 6.07) is 6.47. The van der Waals surface area contributed by atoms with E-state index in [9.17, 15) is 9.90 Å². The summed E-state index contributed by atoms with van der Waals surface area (Å²) in [5.41, 5.74) is 1.87. The van der Waals surface area contributed by atoms with E-state index in [2.05, 4.69) is 30.9 Å². The van der Waals surface area contributed by atoms with Gasteiger partial charge in [-0.25, -0.2) is 0 Å². The van der Waals surface area contributed by atoms with Crippen molar-refractivity contribution in [1.82, 2.24) is 0 Å². The molecule has 1 aliphatic heterocycles. The molecule has 7 atom stereocenters. The molecule has 0 amide bonds. The molecule has 7 unspecified atom stereocenters. The highest BCUT2D eigenvalue weighted by atomic mass is 16.6. The Bertz CT molecular complexity index is 771. The van der Waals surface area contributed by atoms with Crippen LogP contribution in [0.15, 0.2) is 30.9 Å². The number of rotatable bonds is 2. The molecular weight excluding hydrogens is 328 g/mol. The number of fused-ring (bicyclic) bond motifs is 7. The number of hydrogen-bond acceptors (Lipinski definition) is 4. The van der Waals surface area contributed by atoms with Crippen LogP contribution < -0.4 is 4.74 Å². The van der Waals surface area contributed by atoms with Gasteiger partial charge in [0.05, 0.1) is 13.5 Å². The fourth-order valence-corrected chi connectivity index (χ4v) is 6.65. The van der Waals surface area contributed by atoms with Gasteiger partial charge in [0.2, 0.25) is 0 Å². The van der Waals surface area contributed by atoms with Crippen molar-refractivity contribution in [2.24, 2.45) is 23.7 Å². The second-order valence-corrected chi connectivity index (χ2v) is 8.58. The van der Waals surface area contributed by atoms with Crippen LogP contribution in [0.3, 0.4) is 0 Å². The van der Waals surface area contributed by atoms with Gasteiger partial charge in [0.25, 0.3) is 0 Å². The second kappa shape index (κ2) is 5.59. The lowest BCUT2D eigenvalue weighted by molar-refractivity contribution is -0.142. The Morgan fingerprint density at radius 3 is 3.00 bits per heavy atom. The quantitative estimate of drug-likeness (QED) is 0.654. The number of allylic oxidation sites excluding steroid dienone is 1. The van der Waals surface area contributed by atoms with Crippen LogP contribution in [0.4, 0.5) is 0 Å². The van der Waals surface area contributed by atoms with Gasteiger partial charge in [-0.2, -0.15) is 0 Å². The molecule has 0 bridgehead atoms. The Labute approximate surface area is 154 Å². The number of esters is 1. The highest BCUT2D eigenvalue weighted by molar-refractivity contribution is 5.74. The molecule has 1 saturated heterocycles. The largest absolute Gasteiger partial charge is 0.497 e. The fraction of sp³-hybridized carbons (Fsp3) is 0.591. The third kappa shape index (κ3) is 2.08. The van der Waals surface area contributed by atoms with Gasteiger partial charge in [-0.1, -0.05) is 12.1 Å². The van der Waals surface area contributed by atoms with E-state index >= 15 is 0 Å². The first kappa shape index (κ1) is 16.4. The standard InChI is InChI=1S/C22H26O4/c1-3-12-8-13-9-14(25-2)4-5-15(13)16-6-7-18-17(21(12)16)10-19-22(18,24)11-20(23)26-19/h3-5,9,12,16-19,21,24H,1,6-8,10-11H2,2H3. The number of ether oxygens (including phenoxy) is 2. The Balaban J connectivity index is 1.53. The van der Waals surface area contributed by atoms with E-state index < -0.39 is 5.60 Å². The average Bonchev–Trinajstić information content (AvgIpc) is 3.08. The van der Waals surface area contributed by atoms with Gasteiger partial charge >= 0.3 is 5.97 Å². The molecule has 1 aromatic rings. The average molecular weight is 354 g/mol. The van der Waals surface area contributed by atoms with E-state index in [-0.39, 0.29) is 24.4 Å². The normalized spacial score (nSPS) is 42.9. The summed E-state index contributed by atoms with van der Waals surface area (Å²) in [6.07, 6.45) is 5.75. The molecule has 5 rings (SSSR count). The second-order valence-electron chi connectivity index (χ2n) is 8.58. The van der Waals surface area contributed by atoms with Crippen molar-refractivity contribution in [3.63, 3.8) is 0 Å². The Morgan fingerprint density at radius 2 is 2.23 bits per heavy atom. The number of aliphatic hydroxyl groups is 1. The summed E-state index contributed by atoms with van der Waals surface area (Å²) in [7, 11) is 1.71. The predicted octanol–water partition coefficient (Wildman–Crippen LogP) is 3.23. The number of hydrogen-bond donors (Lipinski definition) is 1. The van der Waals surface area contributed by atoms with Crippen LogP contribution in [-0.2, 0) is 16.0 Å². The maximum atomic E-state index is 11.8. The third-order valence-corrected chi connectivity index (χ3v) is 7.65. The number of methoxy groups -OCH3 is 1. The van der Waals surface area contributed by atoms with Gasteiger partial charge in [0, 0.05) is 0 Å². The maximum absolute atomic E-state index is 11.8. The molecule has 0 aromatic heterocycles. The summed E-state index contributed by atoms with van der Waals surface area (Å²) < 4.78 is 10.9. The number of benzene rings is 1. The predicted molar refractivity (Wildman–Crippen MR) is 96.9 cm³/mol. The first-order valence-corrected chi connectivity index (χ1v) is 9.76. The van der Waals surface area contributed by atoms with E-state index in [1.807, 2.05) is 0 Å². The molecule has 3 fully saturated rings. The molecule has 4 aliphatic rings. The monoisotopic (exact) mass is 354 g/mol. The van der Waals surface area contributed by atoms with Crippen molar-refractivity contribution in [2.75, 3.05) is 7.11 Å². The van der Waals surface area contributed by atoms with Gasteiger partial charge in [-0.05, 0) is 78.5 Å². The van der Waals surface area contributed by atoms with Crippen LogP contribution in [-0.4, -0.2) is 29.9 Å². The number of carbonyl (C=O) groups is 1. The van der Waals surface area contributed by atoms with Crippen LogP contribution in [0.5, 0.6) is 5.75 Å².